The van der Waals surface area contributed by atoms with Crippen LogP contribution in [0, 0.1) is 5.41 Å². The second-order valence-electron chi connectivity index (χ2n) is 7.14. The summed E-state index contributed by atoms with van der Waals surface area (Å²) < 4.78 is 0. The molecule has 0 spiro atoms. The van der Waals surface area contributed by atoms with Gasteiger partial charge in [0, 0.05) is 20.6 Å². The van der Waals surface area contributed by atoms with Crippen molar-refractivity contribution in [2.45, 2.75) is 56.9 Å². The van der Waals surface area contributed by atoms with Gasteiger partial charge in [-0.25, -0.2) is 4.79 Å². The minimum absolute atomic E-state index is 0.0256. The van der Waals surface area contributed by atoms with E-state index in [9.17, 15) is 14.7 Å². The van der Waals surface area contributed by atoms with Crippen molar-refractivity contribution in [2.24, 2.45) is 5.41 Å². The van der Waals surface area contributed by atoms with E-state index >= 15 is 0 Å². The first-order chi connectivity index (χ1) is 10.4. The van der Waals surface area contributed by atoms with Crippen molar-refractivity contribution < 1.29 is 14.7 Å². The summed E-state index contributed by atoms with van der Waals surface area (Å²) in [6, 6.07) is -0.270. The number of rotatable bonds is 5. The second-order valence-corrected chi connectivity index (χ2v) is 7.14. The molecule has 22 heavy (non-hydrogen) atoms. The first kappa shape index (κ1) is 17.1. The van der Waals surface area contributed by atoms with Gasteiger partial charge >= 0.3 is 6.03 Å². The van der Waals surface area contributed by atoms with E-state index in [1.807, 2.05) is 0 Å². The van der Waals surface area contributed by atoms with E-state index in [2.05, 4.69) is 10.6 Å². The van der Waals surface area contributed by atoms with Crippen LogP contribution in [0.4, 0.5) is 4.79 Å². The first-order valence-electron chi connectivity index (χ1n) is 8.32. The molecule has 2 aliphatic rings. The Morgan fingerprint density at radius 3 is 2.09 bits per heavy atom. The third-order valence-electron chi connectivity index (χ3n) is 5.25. The average Bonchev–Trinajstić information content (AvgIpc) is 3.15. The summed E-state index contributed by atoms with van der Waals surface area (Å²) in [6.07, 6.45) is 7.42. The number of hydrogen-bond acceptors (Lipinski definition) is 3. The molecule has 6 nitrogen and oxygen atoms in total. The Morgan fingerprint density at radius 2 is 1.59 bits per heavy atom. The molecule has 0 aliphatic heterocycles. The fraction of sp³-hybridized carbons (Fsp3) is 0.875. The van der Waals surface area contributed by atoms with Crippen LogP contribution in [-0.4, -0.2) is 54.7 Å². The number of urea groups is 1. The van der Waals surface area contributed by atoms with E-state index in [4.69, 9.17) is 0 Å². The van der Waals surface area contributed by atoms with Crippen LogP contribution in [0.3, 0.4) is 0 Å². The molecule has 0 aromatic rings. The molecule has 2 aliphatic carbocycles. The molecule has 0 heterocycles. The van der Waals surface area contributed by atoms with Crippen LogP contribution >= 0.6 is 0 Å². The highest BCUT2D eigenvalue weighted by Gasteiger charge is 2.42. The number of amides is 3. The predicted molar refractivity (Wildman–Crippen MR) is 84.4 cm³/mol. The van der Waals surface area contributed by atoms with Gasteiger partial charge in [0.15, 0.2) is 0 Å². The van der Waals surface area contributed by atoms with Crippen LogP contribution < -0.4 is 10.6 Å². The van der Waals surface area contributed by atoms with Crippen LogP contribution in [0.25, 0.3) is 0 Å². The lowest BCUT2D eigenvalue weighted by Gasteiger charge is -2.32. The topological polar surface area (TPSA) is 81.7 Å². The monoisotopic (exact) mass is 311 g/mol. The number of carbonyl (C=O) groups is 2. The van der Waals surface area contributed by atoms with Gasteiger partial charge < -0.3 is 20.6 Å². The summed E-state index contributed by atoms with van der Waals surface area (Å²) in [4.78, 5) is 26.3. The van der Waals surface area contributed by atoms with Gasteiger partial charge in [0.2, 0.25) is 5.91 Å². The summed E-state index contributed by atoms with van der Waals surface area (Å²) in [5.74, 6) is 0.100. The van der Waals surface area contributed by atoms with Crippen LogP contribution in [-0.2, 0) is 4.79 Å². The Hall–Kier alpha value is -1.30. The third-order valence-corrected chi connectivity index (χ3v) is 5.25. The summed E-state index contributed by atoms with van der Waals surface area (Å²) >= 11 is 0. The lowest BCUT2D eigenvalue weighted by Crippen LogP contribution is -2.55. The summed E-state index contributed by atoms with van der Waals surface area (Å²) in [5, 5.41) is 15.4. The van der Waals surface area contributed by atoms with Crippen LogP contribution in [0.15, 0.2) is 0 Å². The fourth-order valence-electron chi connectivity index (χ4n) is 3.90. The summed E-state index contributed by atoms with van der Waals surface area (Å²) in [5.41, 5.74) is -0.929. The van der Waals surface area contributed by atoms with Crippen molar-refractivity contribution >= 4 is 11.9 Å². The molecule has 0 aromatic carbocycles. The van der Waals surface area contributed by atoms with Crippen molar-refractivity contribution in [3.63, 3.8) is 0 Å². The van der Waals surface area contributed by atoms with Crippen molar-refractivity contribution in [1.29, 1.82) is 0 Å². The molecule has 3 amide bonds. The Labute approximate surface area is 132 Å². The van der Waals surface area contributed by atoms with Crippen molar-refractivity contribution in [1.82, 2.24) is 15.5 Å². The Morgan fingerprint density at radius 1 is 1.05 bits per heavy atom. The van der Waals surface area contributed by atoms with Crippen molar-refractivity contribution in [2.75, 3.05) is 27.2 Å². The molecule has 2 rings (SSSR count). The zero-order chi connectivity index (χ0) is 16.2. The summed E-state index contributed by atoms with van der Waals surface area (Å²) in [7, 11) is 3.53. The largest absolute Gasteiger partial charge is 0.394 e. The van der Waals surface area contributed by atoms with E-state index in [0.717, 1.165) is 51.4 Å². The molecule has 0 atom stereocenters. The normalized spacial score (nSPS) is 22.3. The number of nitrogens with one attached hydrogen (secondary N) is 2. The van der Waals surface area contributed by atoms with Gasteiger partial charge in [-0.1, -0.05) is 25.7 Å². The molecule has 0 radical (unpaired) electrons. The quantitative estimate of drug-likeness (QED) is 0.714. The number of nitrogens with zero attached hydrogens (tertiary/aromatic N) is 1. The van der Waals surface area contributed by atoms with E-state index < -0.39 is 11.0 Å². The number of aliphatic hydroxyl groups is 1. The van der Waals surface area contributed by atoms with Crippen LogP contribution in [0.5, 0.6) is 0 Å². The maximum atomic E-state index is 12.5. The number of carbonyl (C=O) groups excluding carboxylic acids is 2. The van der Waals surface area contributed by atoms with E-state index in [1.165, 1.54) is 0 Å². The van der Waals surface area contributed by atoms with E-state index in [0.29, 0.717) is 6.54 Å². The average molecular weight is 311 g/mol. The molecule has 0 unspecified atom stereocenters. The predicted octanol–water partition coefficient (Wildman–Crippen LogP) is 1.24. The number of hydrogen-bond donors (Lipinski definition) is 3. The minimum Gasteiger partial charge on any atom is -0.394 e. The van der Waals surface area contributed by atoms with Crippen LogP contribution in [0.2, 0.25) is 0 Å². The van der Waals surface area contributed by atoms with Gasteiger partial charge in [-0.3, -0.25) is 4.79 Å². The molecule has 126 valence electrons. The molecule has 6 heteroatoms. The molecule has 2 saturated carbocycles. The molecule has 0 aromatic heterocycles. The zero-order valence-electron chi connectivity index (χ0n) is 13.8. The highest BCUT2D eigenvalue weighted by atomic mass is 16.3. The van der Waals surface area contributed by atoms with Gasteiger partial charge in [-0.2, -0.15) is 0 Å². The SMILES string of the molecule is CN(C)C(=O)C1(CNC(=O)NC2(CO)CCCC2)CCCC1. The van der Waals surface area contributed by atoms with E-state index in [-0.39, 0.29) is 18.5 Å². The third kappa shape index (κ3) is 3.54. The van der Waals surface area contributed by atoms with Gasteiger partial charge in [-0.05, 0) is 25.7 Å². The number of aliphatic hydroxyl groups excluding tert-OH is 1. The van der Waals surface area contributed by atoms with Gasteiger partial charge in [-0.15, -0.1) is 0 Å². The first-order valence-corrected chi connectivity index (χ1v) is 8.32. The lowest BCUT2D eigenvalue weighted by molar-refractivity contribution is -0.138. The van der Waals surface area contributed by atoms with Crippen LogP contribution in [0.1, 0.15) is 51.4 Å². The molecule has 2 fully saturated rings. The Bertz CT molecular complexity index is 411. The van der Waals surface area contributed by atoms with Crippen molar-refractivity contribution in [3.05, 3.63) is 0 Å². The molecule has 0 saturated heterocycles. The van der Waals surface area contributed by atoms with Gasteiger partial charge in [0.25, 0.3) is 0 Å². The van der Waals surface area contributed by atoms with Crippen molar-refractivity contribution in [3.8, 4) is 0 Å². The smallest absolute Gasteiger partial charge is 0.315 e. The second kappa shape index (κ2) is 6.86. The molecule has 0 bridgehead atoms. The molecular weight excluding hydrogens is 282 g/mol. The lowest BCUT2D eigenvalue weighted by atomic mass is 9.84. The zero-order valence-corrected chi connectivity index (χ0v) is 13.8. The molecular formula is C16H29N3O3. The fourth-order valence-corrected chi connectivity index (χ4v) is 3.90. The Balaban J connectivity index is 1.92. The minimum atomic E-state index is -0.474. The summed E-state index contributed by atoms with van der Waals surface area (Å²) in [6.45, 7) is 0.347. The maximum Gasteiger partial charge on any atom is 0.315 e. The highest BCUT2D eigenvalue weighted by molar-refractivity contribution is 5.84. The maximum absolute atomic E-state index is 12.5. The van der Waals surface area contributed by atoms with Gasteiger partial charge in [0.05, 0.1) is 17.6 Å². The standard InChI is InChI=1S/C16H29N3O3/c1-19(2)13(21)15(7-3-4-8-15)11-17-14(22)18-16(12-20)9-5-6-10-16/h20H,3-12H2,1-2H3,(H2,17,18,22). The van der Waals surface area contributed by atoms with Gasteiger partial charge in [0.1, 0.15) is 0 Å². The molecule has 3 N–H and O–H groups in total. The van der Waals surface area contributed by atoms with E-state index in [1.54, 1.807) is 19.0 Å². The highest BCUT2D eigenvalue weighted by Crippen LogP contribution is 2.39. The Kier molecular flexibility index (Phi) is 5.32.